The molecule has 2 unspecified atom stereocenters. The number of hydrogen-bond donors (Lipinski definition) is 0. The van der Waals surface area contributed by atoms with Crippen molar-refractivity contribution < 1.29 is 19.1 Å². The number of aromatic nitrogens is 2. The first-order valence-electron chi connectivity index (χ1n) is 12.6. The summed E-state index contributed by atoms with van der Waals surface area (Å²) in [6.07, 6.45) is 12.4. The van der Waals surface area contributed by atoms with E-state index < -0.39 is 12.0 Å². The lowest BCUT2D eigenvalue weighted by atomic mass is 9.91. The summed E-state index contributed by atoms with van der Waals surface area (Å²) in [5, 5.41) is 0. The van der Waals surface area contributed by atoms with Crippen molar-refractivity contribution in [2.24, 2.45) is 5.92 Å². The molecule has 196 valence electrons. The van der Waals surface area contributed by atoms with Crippen LogP contribution in [-0.4, -0.2) is 56.5 Å². The van der Waals surface area contributed by atoms with Gasteiger partial charge in [-0.25, -0.2) is 9.29 Å². The van der Waals surface area contributed by atoms with Crippen molar-refractivity contribution in [3.8, 4) is 5.75 Å². The summed E-state index contributed by atoms with van der Waals surface area (Å²) in [7, 11) is 0. The number of ketones is 1. The topological polar surface area (TPSA) is 73.7 Å². The third-order valence-electron chi connectivity index (χ3n) is 6.00. The molecule has 0 radical (unpaired) electrons. The zero-order valence-corrected chi connectivity index (χ0v) is 22.7. The Hall–Kier alpha value is -2.23. The SMILES string of the molecule is C=CCOc1ccc(SCN2SCCC(C(=O)OCC)C2C(=O)CCCCCCn2ccnc2)cc1. The van der Waals surface area contributed by atoms with Gasteiger partial charge in [0.15, 0.2) is 5.78 Å². The van der Waals surface area contributed by atoms with Gasteiger partial charge < -0.3 is 14.0 Å². The largest absolute Gasteiger partial charge is 0.490 e. The predicted octanol–water partition coefficient (Wildman–Crippen LogP) is 5.62. The Morgan fingerprint density at radius 3 is 2.75 bits per heavy atom. The summed E-state index contributed by atoms with van der Waals surface area (Å²) >= 11 is 3.32. The number of esters is 1. The van der Waals surface area contributed by atoms with E-state index in [1.165, 1.54) is 0 Å². The van der Waals surface area contributed by atoms with Crippen LogP contribution in [0.25, 0.3) is 0 Å². The summed E-state index contributed by atoms with van der Waals surface area (Å²) in [6.45, 7) is 7.23. The van der Waals surface area contributed by atoms with Gasteiger partial charge in [0.05, 0.1) is 30.8 Å². The molecule has 2 aromatic rings. The number of ether oxygens (including phenoxy) is 2. The second-order valence-electron chi connectivity index (χ2n) is 8.62. The molecule has 1 aliphatic heterocycles. The Morgan fingerprint density at radius 2 is 2.03 bits per heavy atom. The maximum absolute atomic E-state index is 13.4. The van der Waals surface area contributed by atoms with E-state index in [-0.39, 0.29) is 11.8 Å². The molecule has 0 aliphatic carbocycles. The highest BCUT2D eigenvalue weighted by atomic mass is 32.2. The number of Topliss-reactive ketones (excluding diaryl/α,β-unsaturated/α-hetero) is 1. The van der Waals surface area contributed by atoms with Gasteiger partial charge in [-0.3, -0.25) is 9.59 Å². The third kappa shape index (κ3) is 9.01. The minimum Gasteiger partial charge on any atom is -0.490 e. The normalized spacial score (nSPS) is 18.0. The lowest BCUT2D eigenvalue weighted by molar-refractivity contribution is -0.152. The fourth-order valence-electron chi connectivity index (χ4n) is 4.17. The number of hydrogen-bond acceptors (Lipinski definition) is 8. The van der Waals surface area contributed by atoms with Crippen LogP contribution in [0.1, 0.15) is 45.4 Å². The number of rotatable bonds is 16. The lowest BCUT2D eigenvalue weighted by Gasteiger charge is -2.38. The molecule has 36 heavy (non-hydrogen) atoms. The van der Waals surface area contributed by atoms with Crippen LogP contribution in [0.3, 0.4) is 0 Å². The summed E-state index contributed by atoms with van der Waals surface area (Å²) < 4.78 is 15.1. The number of imidazole rings is 1. The summed E-state index contributed by atoms with van der Waals surface area (Å²) in [5.41, 5.74) is 0. The predicted molar refractivity (Wildman–Crippen MR) is 146 cm³/mol. The number of nitrogens with zero attached hydrogens (tertiary/aromatic N) is 3. The molecule has 0 amide bonds. The minimum absolute atomic E-state index is 0.142. The molecule has 0 spiro atoms. The minimum atomic E-state index is -0.448. The van der Waals surface area contributed by atoms with E-state index in [0.717, 1.165) is 48.6 Å². The van der Waals surface area contributed by atoms with Crippen LogP contribution in [0.4, 0.5) is 0 Å². The summed E-state index contributed by atoms with van der Waals surface area (Å²) in [5.74, 6) is 1.70. The van der Waals surface area contributed by atoms with Crippen molar-refractivity contribution in [3.63, 3.8) is 0 Å². The van der Waals surface area contributed by atoms with E-state index in [4.69, 9.17) is 9.47 Å². The summed E-state index contributed by atoms with van der Waals surface area (Å²) in [6, 6.07) is 7.46. The molecule has 0 N–H and O–H groups in total. The molecule has 9 heteroatoms. The van der Waals surface area contributed by atoms with Crippen LogP contribution in [-0.2, 0) is 20.9 Å². The van der Waals surface area contributed by atoms with Crippen LogP contribution in [0, 0.1) is 5.92 Å². The van der Waals surface area contributed by atoms with Gasteiger partial charge in [0.1, 0.15) is 12.4 Å². The van der Waals surface area contributed by atoms with E-state index in [1.807, 2.05) is 43.7 Å². The standard InChI is InChI=1S/C27H37N3O4S2/c1-3-18-34-22-10-12-23(13-11-22)35-21-30-26(24(14-19-36-30)27(32)33-4-2)25(31)9-7-5-6-8-16-29-17-15-28-20-29/h3,10-13,15,17,20,24,26H,1,4-9,14,16,18-19,21H2,2H3. The molecule has 1 saturated heterocycles. The Labute approximate surface area is 223 Å². The maximum atomic E-state index is 13.4. The van der Waals surface area contributed by atoms with Crippen molar-refractivity contribution in [3.05, 3.63) is 55.6 Å². The number of aryl methyl sites for hydroxylation is 1. The fourth-order valence-corrected chi connectivity index (χ4v) is 6.41. The van der Waals surface area contributed by atoms with Gasteiger partial charge in [-0.1, -0.05) is 37.4 Å². The average Bonchev–Trinajstić information content (AvgIpc) is 3.42. The van der Waals surface area contributed by atoms with E-state index in [2.05, 4.69) is 20.4 Å². The molecule has 2 atom stereocenters. The maximum Gasteiger partial charge on any atom is 0.311 e. The number of carbonyl (C=O) groups is 2. The molecule has 2 heterocycles. The highest BCUT2D eigenvalue weighted by Gasteiger charge is 2.41. The van der Waals surface area contributed by atoms with Crippen LogP contribution in [0.5, 0.6) is 5.75 Å². The van der Waals surface area contributed by atoms with Gasteiger partial charge in [-0.2, -0.15) is 0 Å². The van der Waals surface area contributed by atoms with Gasteiger partial charge in [0, 0.05) is 36.0 Å². The van der Waals surface area contributed by atoms with E-state index in [0.29, 0.717) is 31.9 Å². The number of benzene rings is 1. The number of carbonyl (C=O) groups excluding carboxylic acids is 2. The van der Waals surface area contributed by atoms with E-state index in [1.54, 1.807) is 36.0 Å². The van der Waals surface area contributed by atoms with Crippen LogP contribution < -0.4 is 4.74 Å². The van der Waals surface area contributed by atoms with Gasteiger partial charge in [0.25, 0.3) is 0 Å². The van der Waals surface area contributed by atoms with Crippen molar-refractivity contribution in [2.75, 3.05) is 24.8 Å². The quantitative estimate of drug-likeness (QED) is 0.0909. The van der Waals surface area contributed by atoms with Crippen molar-refractivity contribution in [1.29, 1.82) is 0 Å². The first-order valence-corrected chi connectivity index (χ1v) is 14.6. The first-order chi connectivity index (χ1) is 17.6. The van der Waals surface area contributed by atoms with Crippen LogP contribution in [0.2, 0.25) is 0 Å². The summed E-state index contributed by atoms with van der Waals surface area (Å²) in [4.78, 5) is 31.3. The smallest absolute Gasteiger partial charge is 0.311 e. The monoisotopic (exact) mass is 531 g/mol. The Balaban J connectivity index is 1.54. The second-order valence-corrected chi connectivity index (χ2v) is 10.8. The van der Waals surface area contributed by atoms with E-state index in [9.17, 15) is 9.59 Å². The van der Waals surface area contributed by atoms with Gasteiger partial charge in [-0.15, -0.1) is 11.8 Å². The Morgan fingerprint density at radius 1 is 1.22 bits per heavy atom. The van der Waals surface area contributed by atoms with Crippen molar-refractivity contribution in [1.82, 2.24) is 13.9 Å². The molecule has 1 fully saturated rings. The number of thioether (sulfide) groups is 1. The highest BCUT2D eigenvalue weighted by Crippen LogP contribution is 2.36. The van der Waals surface area contributed by atoms with Gasteiger partial charge in [0.2, 0.25) is 0 Å². The van der Waals surface area contributed by atoms with E-state index >= 15 is 0 Å². The molecule has 0 bridgehead atoms. The molecular formula is C27H37N3O4S2. The average molecular weight is 532 g/mol. The van der Waals surface area contributed by atoms with Gasteiger partial charge >= 0.3 is 5.97 Å². The molecule has 1 aromatic heterocycles. The molecule has 1 aromatic carbocycles. The van der Waals surface area contributed by atoms with Crippen LogP contribution in [0.15, 0.2) is 60.5 Å². The highest BCUT2D eigenvalue weighted by molar-refractivity contribution is 8.01. The van der Waals surface area contributed by atoms with Crippen molar-refractivity contribution in [2.45, 2.75) is 62.9 Å². The molecule has 3 rings (SSSR count). The molecule has 7 nitrogen and oxygen atoms in total. The Bertz CT molecular complexity index is 937. The fraction of sp³-hybridized carbons (Fsp3) is 0.519. The zero-order chi connectivity index (χ0) is 25.6. The molecule has 0 saturated carbocycles. The Kier molecular flexibility index (Phi) is 12.4. The second kappa shape index (κ2) is 15.8. The molecule has 1 aliphatic rings. The van der Waals surface area contributed by atoms with Gasteiger partial charge in [-0.05, 0) is 50.5 Å². The number of unbranched alkanes of at least 4 members (excludes halogenated alkanes) is 3. The van der Waals surface area contributed by atoms with Crippen molar-refractivity contribution >= 4 is 35.5 Å². The molecular weight excluding hydrogens is 494 g/mol. The lowest BCUT2D eigenvalue weighted by Crippen LogP contribution is -2.49. The first kappa shape index (κ1) is 28.3. The van der Waals surface area contributed by atoms with Crippen LogP contribution >= 0.6 is 23.7 Å². The third-order valence-corrected chi connectivity index (χ3v) is 8.28. The zero-order valence-electron chi connectivity index (χ0n) is 21.0.